The van der Waals surface area contributed by atoms with E-state index in [0.29, 0.717) is 0 Å². The summed E-state index contributed by atoms with van der Waals surface area (Å²) in [4.78, 5) is 1.84. The molecule has 0 N–H and O–H groups in total. The third kappa shape index (κ3) is 2.79. The number of hydrogen-bond acceptors (Lipinski definition) is 6. The third-order valence-corrected chi connectivity index (χ3v) is 5.04. The maximum Gasteiger partial charge on any atom is 0.321 e. The largest absolute Gasteiger partial charge is 0.321 e. The molecule has 1 aliphatic rings. The van der Waals surface area contributed by atoms with Crippen LogP contribution in [-0.4, -0.2) is 4.27 Å². The summed E-state index contributed by atoms with van der Waals surface area (Å²) in [6, 6.07) is 7.41. The Morgan fingerprint density at radius 1 is 1.13 bits per heavy atom. The Kier molecular flexibility index (Phi) is 2.93. The predicted molar refractivity (Wildman–Crippen MR) is 47.6 cm³/mol. The molecule has 2 rings (SSSR count). The molecule has 0 atom stereocenters. The van der Waals surface area contributed by atoms with Gasteiger partial charge in [0.25, 0.3) is 0 Å². The Bertz CT molecular complexity index is 354. The van der Waals surface area contributed by atoms with E-state index in [4.69, 9.17) is 0 Å². The smallest absolute Gasteiger partial charge is 0.183 e. The second-order valence-electron chi connectivity index (χ2n) is 2.97. The Morgan fingerprint density at radius 2 is 1.60 bits per heavy atom. The zero-order chi connectivity index (χ0) is 11.1. The van der Waals surface area contributed by atoms with Gasteiger partial charge in [0, 0.05) is 16.7 Å². The summed E-state index contributed by atoms with van der Waals surface area (Å²) in [5, 5.41) is 0. The van der Waals surface area contributed by atoms with E-state index in [0.717, 1.165) is 9.79 Å². The zero-order valence-corrected chi connectivity index (χ0v) is 10.0. The monoisotopic (exact) mass is 266 g/mol. The van der Waals surface area contributed by atoms with Crippen molar-refractivity contribution >= 4 is 23.5 Å². The van der Waals surface area contributed by atoms with Gasteiger partial charge in [-0.15, -0.1) is 0 Å². The van der Waals surface area contributed by atoms with E-state index in [2.05, 4.69) is 4.29 Å². The molecule has 4 nitrogen and oxygen atoms in total. The van der Waals surface area contributed by atoms with Crippen LogP contribution in [0.25, 0.3) is 0 Å². The lowest BCUT2D eigenvalue weighted by Gasteiger charge is -2.20. The summed E-state index contributed by atoms with van der Waals surface area (Å²) < 4.78 is 34.9. The lowest BCUT2D eigenvalue weighted by atomic mass is 10.4. The fourth-order valence-electron chi connectivity index (χ4n) is 1.24. The van der Waals surface area contributed by atoms with Crippen molar-refractivity contribution in [1.82, 2.24) is 0 Å². The van der Waals surface area contributed by atoms with Crippen LogP contribution in [0.4, 0.5) is 0 Å². The summed E-state index contributed by atoms with van der Waals surface area (Å²) in [6.45, 7) is 1.56. The predicted octanol–water partition coefficient (Wildman–Crippen LogP) is -0.528. The Labute approximate surface area is 97.4 Å². The standard InChI is InChI=1S/C8H7ClO4S2/c1-8(13-9(10,11)12)14-6-4-2-3-5-7(6)15-8/h2-5H,1H3. The summed E-state index contributed by atoms with van der Waals surface area (Å²) >= 11 is 2.44. The van der Waals surface area contributed by atoms with Crippen molar-refractivity contribution in [2.45, 2.75) is 21.0 Å². The molecule has 0 amide bonds. The molecule has 1 aliphatic heterocycles. The van der Waals surface area contributed by atoms with Crippen molar-refractivity contribution in [3.05, 3.63) is 24.3 Å². The molecule has 0 saturated carbocycles. The second kappa shape index (κ2) is 3.81. The molecule has 15 heavy (non-hydrogen) atoms. The molecule has 0 spiro atoms. The van der Waals surface area contributed by atoms with Gasteiger partial charge in [-0.25, -0.2) is 0 Å². The highest BCUT2D eigenvalue weighted by molar-refractivity contribution is 8.20. The van der Waals surface area contributed by atoms with Crippen LogP contribution in [0.1, 0.15) is 6.92 Å². The van der Waals surface area contributed by atoms with E-state index in [1.165, 1.54) is 23.5 Å². The molecule has 1 heterocycles. The van der Waals surface area contributed by atoms with Gasteiger partial charge in [-0.3, -0.25) is 0 Å². The van der Waals surface area contributed by atoms with Crippen LogP contribution < -0.4 is 14.0 Å². The minimum Gasteiger partial charge on any atom is -0.183 e. The highest BCUT2D eigenvalue weighted by Gasteiger charge is 2.48. The summed E-state index contributed by atoms with van der Waals surface area (Å²) in [5.41, 5.74) is 0. The van der Waals surface area contributed by atoms with Gasteiger partial charge in [0.15, 0.2) is 0 Å². The summed E-state index contributed by atoms with van der Waals surface area (Å²) in [7, 11) is -4.40. The molecule has 1 aromatic rings. The number of rotatable bonds is 2. The number of hydrogen-bond donors (Lipinski definition) is 0. The van der Waals surface area contributed by atoms with Crippen molar-refractivity contribution in [3.8, 4) is 0 Å². The second-order valence-corrected chi connectivity index (χ2v) is 6.98. The van der Waals surface area contributed by atoms with Crippen LogP contribution in [0.3, 0.4) is 0 Å². The lowest BCUT2D eigenvalue weighted by molar-refractivity contribution is -1.92. The van der Waals surface area contributed by atoms with E-state index in [-0.39, 0.29) is 0 Å². The maximum absolute atomic E-state index is 10.5. The number of halogens is 1. The van der Waals surface area contributed by atoms with E-state index >= 15 is 0 Å². The van der Waals surface area contributed by atoms with Gasteiger partial charge in [-0.05, 0) is 12.1 Å². The molecule has 82 valence electrons. The van der Waals surface area contributed by atoms with Gasteiger partial charge in [0.2, 0.25) is 0 Å². The summed E-state index contributed by atoms with van der Waals surface area (Å²) in [5.74, 6) is 0. The van der Waals surface area contributed by atoms with Crippen LogP contribution in [0.5, 0.6) is 0 Å². The Balaban J connectivity index is 2.18. The molecule has 0 aromatic heterocycles. The molecular weight excluding hydrogens is 260 g/mol. The fraction of sp³-hybridized carbons (Fsp3) is 0.250. The first kappa shape index (κ1) is 11.5. The van der Waals surface area contributed by atoms with Gasteiger partial charge < -0.3 is 0 Å². The number of benzene rings is 1. The van der Waals surface area contributed by atoms with Crippen molar-refractivity contribution in [3.63, 3.8) is 0 Å². The highest BCUT2D eigenvalue weighted by Crippen LogP contribution is 2.56. The average Bonchev–Trinajstić information content (AvgIpc) is 2.35. The first-order valence-electron chi connectivity index (χ1n) is 3.97. The van der Waals surface area contributed by atoms with Crippen molar-refractivity contribution < 1.29 is 28.5 Å². The normalized spacial score (nSPS) is 18.9. The van der Waals surface area contributed by atoms with Gasteiger partial charge in [0.1, 0.15) is 0 Å². The third-order valence-electron chi connectivity index (χ3n) is 1.67. The van der Waals surface area contributed by atoms with Gasteiger partial charge >= 0.3 is 4.27 Å². The molecule has 0 radical (unpaired) electrons. The zero-order valence-electron chi connectivity index (χ0n) is 7.64. The maximum atomic E-state index is 10.5. The van der Waals surface area contributed by atoms with E-state index in [1.54, 1.807) is 6.92 Å². The van der Waals surface area contributed by atoms with Gasteiger partial charge in [-0.2, -0.15) is 14.0 Å². The van der Waals surface area contributed by atoms with E-state index in [1.807, 2.05) is 24.3 Å². The van der Waals surface area contributed by atoms with E-state index in [9.17, 15) is 14.0 Å². The van der Waals surface area contributed by atoms with Crippen LogP contribution in [0.15, 0.2) is 34.1 Å². The molecule has 0 fully saturated rings. The molecule has 0 bridgehead atoms. The van der Waals surface area contributed by atoms with Crippen molar-refractivity contribution in [2.24, 2.45) is 0 Å². The van der Waals surface area contributed by atoms with Crippen molar-refractivity contribution in [2.75, 3.05) is 0 Å². The fourth-order valence-corrected chi connectivity index (χ4v) is 4.69. The van der Waals surface area contributed by atoms with Crippen molar-refractivity contribution in [1.29, 1.82) is 0 Å². The molecule has 7 heteroatoms. The highest BCUT2D eigenvalue weighted by atomic mass is 35.7. The minimum absolute atomic E-state index is 0.920. The molecule has 0 aliphatic carbocycles. The quantitative estimate of drug-likeness (QED) is 0.716. The SMILES string of the molecule is CC1(O[Cl+3]([O-])([O-])[O-])Sc2ccccc2S1. The van der Waals surface area contributed by atoms with Crippen LogP contribution in [0, 0.1) is 10.2 Å². The average molecular weight is 267 g/mol. The van der Waals surface area contributed by atoms with Gasteiger partial charge in [-0.1, -0.05) is 35.7 Å². The number of fused-ring (bicyclic) bond motifs is 1. The summed E-state index contributed by atoms with van der Waals surface area (Å²) in [6.07, 6.45) is 0. The van der Waals surface area contributed by atoms with Crippen LogP contribution >= 0.6 is 23.5 Å². The lowest BCUT2D eigenvalue weighted by Crippen LogP contribution is -2.63. The Morgan fingerprint density at radius 3 is 2.00 bits per heavy atom. The number of thioether (sulfide) groups is 2. The molecular formula is C8H7ClO4S2. The van der Waals surface area contributed by atoms with Gasteiger partial charge in [0.05, 0.1) is 14.5 Å². The molecule has 0 unspecified atom stereocenters. The molecule has 1 aromatic carbocycles. The first-order valence-corrected chi connectivity index (χ1v) is 6.83. The van der Waals surface area contributed by atoms with Crippen LogP contribution in [-0.2, 0) is 4.29 Å². The van der Waals surface area contributed by atoms with Crippen LogP contribution in [0.2, 0.25) is 0 Å². The van der Waals surface area contributed by atoms with E-state index < -0.39 is 14.5 Å². The molecule has 0 saturated heterocycles. The minimum atomic E-state index is -4.40. The first-order chi connectivity index (χ1) is 6.88. The topological polar surface area (TPSA) is 78.4 Å². The Hall–Kier alpha value is 0.0500.